The van der Waals surface area contributed by atoms with E-state index in [2.05, 4.69) is 60.7 Å². The third kappa shape index (κ3) is 0.253. The van der Waals surface area contributed by atoms with E-state index in [9.17, 15) is 0 Å². The van der Waals surface area contributed by atoms with Gasteiger partial charge in [0.1, 0.15) is 0 Å². The van der Waals surface area contributed by atoms with Crippen molar-refractivity contribution in [3.05, 3.63) is 60.7 Å². The van der Waals surface area contributed by atoms with Crippen molar-refractivity contribution in [1.82, 2.24) is 0 Å². The van der Waals surface area contributed by atoms with Gasteiger partial charge in [-0.05, 0) is 0 Å². The fourth-order valence-electron chi connectivity index (χ4n) is 18.4. The maximum absolute atomic E-state index is 4.76. The van der Waals surface area contributed by atoms with Crippen LogP contribution in [0.4, 0.5) is 0 Å². The number of alkyl halides is 2. The predicted molar refractivity (Wildman–Crippen MR) is 112 cm³/mol. The zero-order valence-corrected chi connectivity index (χ0v) is 18.2. The molecule has 10 fully saturated rings. The summed E-state index contributed by atoms with van der Waals surface area (Å²) >= 11 is 9.53. The Labute approximate surface area is 161 Å². The molecule has 0 nitrogen and oxygen atoms in total. The van der Waals surface area contributed by atoms with E-state index >= 15 is 0 Å². The molecule has 2 aromatic carbocycles. The van der Waals surface area contributed by atoms with Gasteiger partial charge in [0.25, 0.3) is 0 Å². The van der Waals surface area contributed by atoms with E-state index in [4.69, 9.17) is 23.2 Å². The van der Waals surface area contributed by atoms with Crippen molar-refractivity contribution in [2.45, 2.75) is 47.4 Å². The molecule has 4 atom stereocenters. The van der Waals surface area contributed by atoms with E-state index in [1.54, 1.807) is 10.6 Å². The number of hydrogen-bond donors (Lipinski definition) is 0. The average molecular weight is 455 g/mol. The molecule has 1 spiro atoms. The zero-order valence-electron chi connectivity index (χ0n) is 14.7. The van der Waals surface area contributed by atoms with Gasteiger partial charge < -0.3 is 0 Å². The molecule has 4 heteroatoms. The normalized spacial score (nSPS) is 78.7. The van der Waals surface area contributed by atoms with E-state index in [-0.39, 0.29) is 13.3 Å². The summed E-state index contributed by atoms with van der Waals surface area (Å²) in [7, 11) is -0.0683. The van der Waals surface area contributed by atoms with E-state index in [0.717, 1.165) is 4.05 Å². The molecule has 10 saturated heterocycles. The van der Waals surface area contributed by atoms with Gasteiger partial charge in [0, 0.05) is 0 Å². The first kappa shape index (κ1) is 13.3. The third-order valence-electron chi connectivity index (χ3n) is 17.0. The van der Waals surface area contributed by atoms with E-state index in [1.165, 1.54) is 43.3 Å². The van der Waals surface area contributed by atoms with Crippen LogP contribution in [0.3, 0.4) is 0 Å². The van der Waals surface area contributed by atoms with E-state index in [0.29, 0.717) is 0 Å². The topological polar surface area (TPSA) is 0 Å². The monoisotopic (exact) mass is 454 g/mol. The Morgan fingerprint density at radius 1 is 0.667 bits per heavy atom. The van der Waals surface area contributed by atoms with Gasteiger partial charge >= 0.3 is 133 Å². The summed E-state index contributed by atoms with van der Waals surface area (Å²) in [4.78, 5) is 12.9. The Morgan fingerprint density at radius 2 is 1.04 bits per heavy atom. The Hall–Kier alpha value is -0.0305. The van der Waals surface area contributed by atoms with Crippen LogP contribution in [0.1, 0.15) is 0 Å². The minimum absolute atomic E-state index is 0.0683. The molecule has 0 N–H and O–H groups in total. The minimum atomic E-state index is -3.05. The van der Waals surface area contributed by atoms with Gasteiger partial charge in [0.15, 0.2) is 0 Å². The Morgan fingerprint density at radius 3 is 1.30 bits per heavy atom. The van der Waals surface area contributed by atoms with Crippen LogP contribution in [0.15, 0.2) is 60.7 Å². The molecule has 10 aliphatic rings. The first-order valence-electron chi connectivity index (χ1n) is 10.3. The van der Waals surface area contributed by atoms with Crippen LogP contribution >= 0.6 is 31.1 Å². The molecule has 0 aliphatic carbocycles. The predicted octanol–water partition coefficient (Wildman–Crippen LogP) is 6.84. The van der Waals surface area contributed by atoms with Crippen LogP contribution in [0.25, 0.3) is 0 Å². The average Bonchev–Trinajstić information content (AvgIpc) is 3.64. The van der Waals surface area contributed by atoms with Crippen molar-refractivity contribution in [2.75, 3.05) is 5.34 Å². The van der Waals surface area contributed by atoms with Gasteiger partial charge in [0.05, 0.1) is 5.34 Å². The SMILES string of the molecule is ClCCl.c1ccc(P(c2ccccc2)[C]23[CH]4[CH]5[CH]6[CH]2[Fe]56432789[CH]3[CH]2[CH]7[CH]8[CH]39)cc1. The molecule has 2 aromatic rings. The van der Waals surface area contributed by atoms with Gasteiger partial charge in [-0.2, -0.15) is 0 Å². The molecule has 12 rings (SSSR count). The van der Waals surface area contributed by atoms with Crippen LogP contribution in [0.2, 0.25) is 43.3 Å². The van der Waals surface area contributed by atoms with Crippen LogP contribution < -0.4 is 10.6 Å². The van der Waals surface area contributed by atoms with E-state index < -0.39 is 6.51 Å². The molecule has 0 saturated carbocycles. The molecule has 0 aromatic heterocycles. The first-order valence-corrected chi connectivity index (χ1v) is 19.0. The molecular weight excluding hydrogens is 434 g/mol. The van der Waals surface area contributed by atoms with Crippen molar-refractivity contribution in [2.24, 2.45) is 0 Å². The van der Waals surface area contributed by atoms with Crippen molar-refractivity contribution < 1.29 is 6.51 Å². The van der Waals surface area contributed by atoms with Crippen molar-refractivity contribution in [3.63, 3.8) is 0 Å². The van der Waals surface area contributed by atoms with E-state index in [1.807, 2.05) is 0 Å². The Bertz CT molecular complexity index is 1340. The summed E-state index contributed by atoms with van der Waals surface area (Å²) in [6, 6.07) is 23.7. The molecule has 4 unspecified atom stereocenters. The van der Waals surface area contributed by atoms with Crippen molar-refractivity contribution in [1.29, 1.82) is 0 Å². The molecule has 0 bridgehead atoms. The summed E-state index contributed by atoms with van der Waals surface area (Å²) in [5.41, 5.74) is 0. The van der Waals surface area contributed by atoms with Crippen LogP contribution in [-0.4, -0.2) is 9.39 Å². The van der Waals surface area contributed by atoms with Gasteiger partial charge in [-0.1, -0.05) is 0 Å². The fourth-order valence-corrected chi connectivity index (χ4v) is 107. The second kappa shape index (κ2) is 1.69. The number of benzene rings is 2. The molecule has 10 heterocycles. The molecule has 0 radical (unpaired) electrons. The second-order valence-electron chi connectivity index (χ2n) is 12.7. The first-order chi connectivity index (χ1) is 13.0. The van der Waals surface area contributed by atoms with Crippen molar-refractivity contribution in [3.8, 4) is 0 Å². The van der Waals surface area contributed by atoms with Gasteiger partial charge in [0.2, 0.25) is 0 Å². The quantitative estimate of drug-likeness (QED) is 0.270. The Balaban J connectivity index is 0.000000362. The summed E-state index contributed by atoms with van der Waals surface area (Å²) in [6.45, 7) is -3.05. The van der Waals surface area contributed by atoms with Crippen LogP contribution in [-0.2, 0) is 6.51 Å². The van der Waals surface area contributed by atoms with Crippen molar-refractivity contribution >= 4 is 41.7 Å². The molecular formula is C23H21Cl2FeP. The Kier molecular flexibility index (Phi) is 0.831. The zero-order chi connectivity index (χ0) is 17.5. The van der Waals surface area contributed by atoms with Crippen LogP contribution in [0, 0.1) is 0 Å². The van der Waals surface area contributed by atoms with Crippen LogP contribution in [0.5, 0.6) is 0 Å². The van der Waals surface area contributed by atoms with Gasteiger partial charge in [-0.15, -0.1) is 23.2 Å². The standard InChI is InChI=1S/C17H14P.C5H5.CH2Cl2.Fe/c1-3-9-15(10-4-1)18(17-13-7-8-14-17)16-11-5-2-6-12-16;1-2-4-5-3-1;2-1-3;/h1-14H;1-5H;1H2;. The maximum atomic E-state index is 4.76. The van der Waals surface area contributed by atoms with Gasteiger partial charge in [-0.25, -0.2) is 0 Å². The summed E-state index contributed by atoms with van der Waals surface area (Å²) in [5, 5.41) is 3.68. The summed E-state index contributed by atoms with van der Waals surface area (Å²) in [5.74, 6) is 0. The molecule has 0 amide bonds. The number of rotatable bonds is 3. The third-order valence-corrected chi connectivity index (χ3v) is 66.3. The molecule has 140 valence electrons. The van der Waals surface area contributed by atoms with Gasteiger partial charge in [-0.3, -0.25) is 0 Å². The molecule has 27 heavy (non-hydrogen) atoms. The number of fused-ring (bicyclic) bond motifs is 10. The summed E-state index contributed by atoms with van der Waals surface area (Å²) < 4.78 is 0.983. The number of hydrogen-bond acceptors (Lipinski definition) is 0. The molecule has 10 aliphatic heterocycles. The summed E-state index contributed by atoms with van der Waals surface area (Å²) in [6.07, 6.45) is 0. The fraction of sp³-hybridized carbons (Fsp3) is 0.478. The number of halogens is 2. The second-order valence-corrected chi connectivity index (χ2v) is 40.0.